The lowest BCUT2D eigenvalue weighted by atomic mass is 9.98. The molecule has 0 fully saturated rings. The minimum atomic E-state index is -1.42. The average molecular weight is 304 g/mol. The molecular formula is C17H20O5. The lowest BCUT2D eigenvalue weighted by Crippen LogP contribution is -2.34. The predicted molar refractivity (Wildman–Crippen MR) is 80.3 cm³/mol. The van der Waals surface area contributed by atoms with E-state index in [0.29, 0.717) is 24.8 Å². The number of allylic oxidation sites excluding steroid dienone is 1. The Morgan fingerprint density at radius 3 is 2.55 bits per heavy atom. The summed E-state index contributed by atoms with van der Waals surface area (Å²) in [5, 5.41) is 19.4. The summed E-state index contributed by atoms with van der Waals surface area (Å²) in [6.07, 6.45) is 1.74. The van der Waals surface area contributed by atoms with Crippen molar-refractivity contribution in [1.82, 2.24) is 0 Å². The maximum Gasteiger partial charge on any atom is 0.338 e. The molecule has 0 aromatic heterocycles. The quantitative estimate of drug-likeness (QED) is 0.811. The average Bonchev–Trinajstić information content (AvgIpc) is 2.54. The van der Waals surface area contributed by atoms with E-state index >= 15 is 0 Å². The minimum Gasteiger partial charge on any atom is -0.459 e. The molecule has 1 aliphatic carbocycles. The fraction of sp³-hybridized carbons (Fsp3) is 0.412. The highest BCUT2D eigenvalue weighted by Gasteiger charge is 2.25. The van der Waals surface area contributed by atoms with Gasteiger partial charge < -0.3 is 14.9 Å². The van der Waals surface area contributed by atoms with Crippen LogP contribution in [0.4, 0.5) is 0 Å². The summed E-state index contributed by atoms with van der Waals surface area (Å²) in [5.41, 5.74) is 0.478. The highest BCUT2D eigenvalue weighted by Crippen LogP contribution is 2.17. The predicted octanol–water partition coefficient (Wildman–Crippen LogP) is 1.63. The van der Waals surface area contributed by atoms with Gasteiger partial charge in [0.25, 0.3) is 0 Å². The highest BCUT2D eigenvalue weighted by molar-refractivity contribution is 5.93. The largest absolute Gasteiger partial charge is 0.459 e. The van der Waals surface area contributed by atoms with E-state index in [1.54, 1.807) is 30.3 Å². The summed E-state index contributed by atoms with van der Waals surface area (Å²) in [4.78, 5) is 23.6. The van der Waals surface area contributed by atoms with E-state index in [-0.39, 0.29) is 12.5 Å². The second kappa shape index (κ2) is 7.87. The molecule has 3 atom stereocenters. The Labute approximate surface area is 129 Å². The number of aliphatic hydroxyl groups excluding tert-OH is 2. The molecule has 5 nitrogen and oxygen atoms in total. The van der Waals surface area contributed by atoms with Gasteiger partial charge >= 0.3 is 5.97 Å². The van der Waals surface area contributed by atoms with Gasteiger partial charge in [-0.2, -0.15) is 0 Å². The van der Waals surface area contributed by atoms with E-state index < -0.39 is 24.0 Å². The molecule has 0 aliphatic heterocycles. The van der Waals surface area contributed by atoms with Crippen LogP contribution in [0.5, 0.6) is 0 Å². The molecule has 3 unspecified atom stereocenters. The van der Waals surface area contributed by atoms with Crippen LogP contribution in [0.25, 0.3) is 0 Å². The van der Waals surface area contributed by atoms with E-state index in [0.717, 1.165) is 0 Å². The van der Waals surface area contributed by atoms with E-state index in [1.807, 2.05) is 6.07 Å². The first-order chi connectivity index (χ1) is 10.6. The molecule has 22 heavy (non-hydrogen) atoms. The van der Waals surface area contributed by atoms with Crippen molar-refractivity contribution in [2.24, 2.45) is 0 Å². The first-order valence-electron chi connectivity index (χ1n) is 7.40. The lowest BCUT2D eigenvalue weighted by Gasteiger charge is -2.22. The Morgan fingerprint density at radius 2 is 1.82 bits per heavy atom. The fourth-order valence-electron chi connectivity index (χ4n) is 2.34. The van der Waals surface area contributed by atoms with Crippen molar-refractivity contribution in [3.63, 3.8) is 0 Å². The third-order valence-electron chi connectivity index (χ3n) is 3.66. The minimum absolute atomic E-state index is 0.202. The molecule has 1 aromatic rings. The van der Waals surface area contributed by atoms with Crippen LogP contribution in [0.3, 0.4) is 0 Å². The second-order valence-electron chi connectivity index (χ2n) is 5.36. The van der Waals surface area contributed by atoms with Crippen LogP contribution < -0.4 is 0 Å². The maximum absolute atomic E-state index is 12.1. The zero-order valence-electron chi connectivity index (χ0n) is 12.2. The van der Waals surface area contributed by atoms with Crippen molar-refractivity contribution in [2.45, 2.75) is 44.0 Å². The van der Waals surface area contributed by atoms with Gasteiger partial charge in [-0.3, -0.25) is 4.79 Å². The molecule has 5 heteroatoms. The number of benzene rings is 1. The summed E-state index contributed by atoms with van der Waals surface area (Å²) in [6, 6.07) is 8.70. The summed E-state index contributed by atoms with van der Waals surface area (Å²) in [7, 11) is 0. The first-order valence-corrected chi connectivity index (χ1v) is 7.40. The molecule has 0 heterocycles. The molecule has 2 rings (SSSR count). The van der Waals surface area contributed by atoms with Gasteiger partial charge in [-0.15, -0.1) is 0 Å². The fourth-order valence-corrected chi connectivity index (χ4v) is 2.34. The zero-order chi connectivity index (χ0) is 15.9. The third-order valence-corrected chi connectivity index (χ3v) is 3.66. The van der Waals surface area contributed by atoms with Crippen molar-refractivity contribution in [1.29, 1.82) is 0 Å². The zero-order valence-corrected chi connectivity index (χ0v) is 12.2. The molecule has 118 valence electrons. The number of hydrogen-bond acceptors (Lipinski definition) is 5. The molecular weight excluding hydrogens is 284 g/mol. The number of ether oxygens (including phenoxy) is 1. The number of carbonyl (C=O) groups excluding carboxylic acids is 2. The standard InChI is InChI=1S/C17H20O5/c18-14-9-5-4-8-13(10-11-15(19)16(14)20)22-17(21)12-6-2-1-3-7-12/h1-3,5-7,9,13,15-16,19-20H,4,8,10-11H2/b9-5-. The smallest absolute Gasteiger partial charge is 0.338 e. The topological polar surface area (TPSA) is 83.8 Å². The molecule has 0 amide bonds. The van der Waals surface area contributed by atoms with Gasteiger partial charge in [0.1, 0.15) is 12.2 Å². The van der Waals surface area contributed by atoms with Gasteiger partial charge in [0.05, 0.1) is 11.7 Å². The number of rotatable bonds is 2. The highest BCUT2D eigenvalue weighted by atomic mass is 16.5. The molecule has 0 saturated heterocycles. The van der Waals surface area contributed by atoms with Gasteiger partial charge in [0, 0.05) is 0 Å². The first kappa shape index (κ1) is 16.4. The van der Waals surface area contributed by atoms with E-state index in [4.69, 9.17) is 4.74 Å². The van der Waals surface area contributed by atoms with Crippen molar-refractivity contribution in [3.05, 3.63) is 48.0 Å². The van der Waals surface area contributed by atoms with Crippen molar-refractivity contribution < 1.29 is 24.5 Å². The van der Waals surface area contributed by atoms with Gasteiger partial charge in [0.2, 0.25) is 0 Å². The molecule has 2 N–H and O–H groups in total. The number of aliphatic hydroxyl groups is 2. The molecule has 1 aromatic carbocycles. The third kappa shape index (κ3) is 4.51. The molecule has 0 bridgehead atoms. The molecule has 0 saturated carbocycles. The molecule has 1 aliphatic rings. The van der Waals surface area contributed by atoms with Crippen LogP contribution in [0.1, 0.15) is 36.0 Å². The Balaban J connectivity index is 2.00. The van der Waals surface area contributed by atoms with Gasteiger partial charge in [0.15, 0.2) is 5.78 Å². The number of carbonyl (C=O) groups is 2. The van der Waals surface area contributed by atoms with Crippen LogP contribution >= 0.6 is 0 Å². The SMILES string of the molecule is O=C(OC1CC/C=C\C(=O)C(O)C(O)CC1)c1ccccc1. The summed E-state index contributed by atoms with van der Waals surface area (Å²) >= 11 is 0. The number of ketones is 1. The monoisotopic (exact) mass is 304 g/mol. The second-order valence-corrected chi connectivity index (χ2v) is 5.36. The van der Waals surface area contributed by atoms with Crippen LogP contribution in [0.2, 0.25) is 0 Å². The van der Waals surface area contributed by atoms with Crippen LogP contribution in [-0.2, 0) is 9.53 Å². The Hall–Kier alpha value is -1.98. The van der Waals surface area contributed by atoms with Crippen molar-refractivity contribution >= 4 is 11.8 Å². The number of esters is 1. The van der Waals surface area contributed by atoms with E-state index in [9.17, 15) is 19.8 Å². The Bertz CT molecular complexity index is 537. The maximum atomic E-state index is 12.1. The Kier molecular flexibility index (Phi) is 5.86. The van der Waals surface area contributed by atoms with Crippen molar-refractivity contribution in [2.75, 3.05) is 0 Å². The van der Waals surface area contributed by atoms with Crippen LogP contribution in [0, 0.1) is 0 Å². The Morgan fingerprint density at radius 1 is 1.09 bits per heavy atom. The van der Waals surface area contributed by atoms with E-state index in [1.165, 1.54) is 6.08 Å². The van der Waals surface area contributed by atoms with Gasteiger partial charge in [-0.05, 0) is 43.9 Å². The normalized spacial score (nSPS) is 27.9. The van der Waals surface area contributed by atoms with E-state index in [2.05, 4.69) is 0 Å². The van der Waals surface area contributed by atoms with Crippen LogP contribution in [0.15, 0.2) is 42.5 Å². The van der Waals surface area contributed by atoms with Crippen molar-refractivity contribution in [3.8, 4) is 0 Å². The van der Waals surface area contributed by atoms with Gasteiger partial charge in [-0.25, -0.2) is 4.79 Å². The van der Waals surface area contributed by atoms with Crippen LogP contribution in [-0.4, -0.2) is 40.3 Å². The summed E-state index contributed by atoms with van der Waals surface area (Å²) in [6.45, 7) is 0. The summed E-state index contributed by atoms with van der Waals surface area (Å²) in [5.74, 6) is -0.898. The molecule has 0 radical (unpaired) electrons. The number of hydrogen-bond donors (Lipinski definition) is 2. The summed E-state index contributed by atoms with van der Waals surface area (Å²) < 4.78 is 5.47. The molecule has 0 spiro atoms. The van der Waals surface area contributed by atoms with Gasteiger partial charge in [-0.1, -0.05) is 24.3 Å². The lowest BCUT2D eigenvalue weighted by molar-refractivity contribution is -0.128.